The van der Waals surface area contributed by atoms with Crippen LogP contribution in [0.5, 0.6) is 5.75 Å². The first-order valence-electron chi connectivity index (χ1n) is 7.58. The molecule has 0 aliphatic carbocycles. The lowest BCUT2D eigenvalue weighted by Gasteiger charge is -2.32. The molecule has 1 saturated heterocycles. The van der Waals surface area contributed by atoms with Crippen LogP contribution in [0.4, 0.5) is 18.9 Å². The topological polar surface area (TPSA) is 34.1 Å². The molecule has 1 heterocycles. The summed E-state index contributed by atoms with van der Waals surface area (Å²) in [5, 5.41) is 0.116. The zero-order valence-electron chi connectivity index (χ0n) is 13.8. The summed E-state index contributed by atoms with van der Waals surface area (Å²) in [5.74, 6) is 0.0601. The molecular formula is C16H20ClF3N2O2. The lowest BCUT2D eigenvalue weighted by Crippen LogP contribution is -2.42. The molecule has 0 amide bonds. The summed E-state index contributed by atoms with van der Waals surface area (Å²) in [6, 6.07) is 2.66. The summed E-state index contributed by atoms with van der Waals surface area (Å²) in [5.41, 5.74) is -2.15. The molecule has 0 saturated carbocycles. The maximum atomic E-state index is 13.7. The number of rotatable bonds is 5. The van der Waals surface area contributed by atoms with Crippen LogP contribution in [0.15, 0.2) is 17.1 Å². The Hall–Kier alpha value is -1.47. The molecule has 2 rings (SSSR count). The van der Waals surface area contributed by atoms with Crippen LogP contribution in [0, 0.1) is 0 Å². The number of alkyl halides is 3. The summed E-state index contributed by atoms with van der Waals surface area (Å²) in [7, 11) is 3.14. The van der Waals surface area contributed by atoms with Crippen LogP contribution < -0.4 is 4.74 Å². The van der Waals surface area contributed by atoms with Crippen LogP contribution in [-0.2, 0) is 10.3 Å². The van der Waals surface area contributed by atoms with Gasteiger partial charge in [0.25, 0.3) is 0 Å². The van der Waals surface area contributed by atoms with Gasteiger partial charge in [-0.15, -0.1) is 0 Å². The second-order valence-corrected chi connectivity index (χ2v) is 6.01. The molecule has 1 aliphatic rings. The average Bonchev–Trinajstić information content (AvgIpc) is 3.03. The van der Waals surface area contributed by atoms with E-state index in [1.165, 1.54) is 19.2 Å². The standard InChI is InChI=1S/C16H20ClF3N2O2/c1-4-22(2)10-21-13-9-14(23-3)11(8-12(13)17)15(16(18,19)20)6-5-7-24-15/h8-10H,4-7H2,1-3H3. The van der Waals surface area contributed by atoms with Crippen molar-refractivity contribution >= 4 is 23.6 Å². The molecule has 1 aromatic rings. The number of nitrogens with zero attached hydrogens (tertiary/aromatic N) is 2. The Kier molecular flexibility index (Phi) is 5.65. The number of hydrogen-bond acceptors (Lipinski definition) is 3. The predicted octanol–water partition coefficient (Wildman–Crippen LogP) is 4.53. The van der Waals surface area contributed by atoms with Crippen molar-refractivity contribution in [2.45, 2.75) is 31.5 Å². The van der Waals surface area contributed by atoms with E-state index in [0.717, 1.165) is 6.54 Å². The fraction of sp³-hybridized carbons (Fsp3) is 0.562. The van der Waals surface area contributed by atoms with E-state index < -0.39 is 11.8 Å². The van der Waals surface area contributed by atoms with E-state index >= 15 is 0 Å². The first kappa shape index (κ1) is 18.9. The summed E-state index contributed by atoms with van der Waals surface area (Å²) in [6.07, 6.45) is -2.84. The Bertz CT molecular complexity index is 614. The molecule has 0 spiro atoms. The second-order valence-electron chi connectivity index (χ2n) is 5.60. The maximum absolute atomic E-state index is 13.7. The highest BCUT2D eigenvalue weighted by Gasteiger charge is 2.60. The monoisotopic (exact) mass is 364 g/mol. The third-order valence-corrected chi connectivity index (χ3v) is 4.38. The van der Waals surface area contributed by atoms with Gasteiger partial charge < -0.3 is 14.4 Å². The SMILES string of the molecule is CCN(C)C=Nc1cc(OC)c(C2(C(F)(F)F)CCCO2)cc1Cl. The van der Waals surface area contributed by atoms with E-state index in [0.29, 0.717) is 12.1 Å². The van der Waals surface area contributed by atoms with Crippen molar-refractivity contribution in [2.75, 3.05) is 27.3 Å². The van der Waals surface area contributed by atoms with E-state index in [-0.39, 0.29) is 29.4 Å². The van der Waals surface area contributed by atoms with Crippen LogP contribution >= 0.6 is 11.6 Å². The quantitative estimate of drug-likeness (QED) is 0.568. The molecule has 1 unspecified atom stereocenters. The van der Waals surface area contributed by atoms with E-state index in [1.54, 1.807) is 6.34 Å². The molecule has 1 aromatic carbocycles. The van der Waals surface area contributed by atoms with Gasteiger partial charge in [-0.05, 0) is 25.8 Å². The van der Waals surface area contributed by atoms with Gasteiger partial charge in [0, 0.05) is 31.8 Å². The van der Waals surface area contributed by atoms with Gasteiger partial charge in [-0.1, -0.05) is 11.6 Å². The summed E-state index contributed by atoms with van der Waals surface area (Å²) < 4.78 is 51.4. The Morgan fingerprint density at radius 2 is 2.17 bits per heavy atom. The van der Waals surface area contributed by atoms with Crippen LogP contribution in [0.25, 0.3) is 0 Å². The minimum absolute atomic E-state index is 0.0431. The lowest BCUT2D eigenvalue weighted by molar-refractivity contribution is -0.269. The largest absolute Gasteiger partial charge is 0.496 e. The third-order valence-electron chi connectivity index (χ3n) is 4.08. The van der Waals surface area contributed by atoms with Crippen LogP contribution in [0.1, 0.15) is 25.3 Å². The van der Waals surface area contributed by atoms with Gasteiger partial charge in [-0.25, -0.2) is 4.99 Å². The van der Waals surface area contributed by atoms with Crippen molar-refractivity contribution in [3.63, 3.8) is 0 Å². The molecule has 8 heteroatoms. The molecule has 0 radical (unpaired) electrons. The van der Waals surface area contributed by atoms with Gasteiger partial charge >= 0.3 is 6.18 Å². The first-order valence-corrected chi connectivity index (χ1v) is 7.96. The molecule has 134 valence electrons. The minimum atomic E-state index is -4.56. The normalized spacial score (nSPS) is 21.5. The smallest absolute Gasteiger partial charge is 0.421 e. The zero-order valence-corrected chi connectivity index (χ0v) is 14.5. The van der Waals surface area contributed by atoms with Crippen LogP contribution in [0.3, 0.4) is 0 Å². The molecule has 0 bridgehead atoms. The van der Waals surface area contributed by atoms with Gasteiger partial charge in [0.05, 0.1) is 24.2 Å². The van der Waals surface area contributed by atoms with Crippen molar-refractivity contribution < 1.29 is 22.6 Å². The Morgan fingerprint density at radius 3 is 2.67 bits per heavy atom. The van der Waals surface area contributed by atoms with E-state index in [4.69, 9.17) is 21.1 Å². The van der Waals surface area contributed by atoms with Gasteiger partial charge in [0.2, 0.25) is 0 Å². The maximum Gasteiger partial charge on any atom is 0.421 e. The molecule has 24 heavy (non-hydrogen) atoms. The van der Waals surface area contributed by atoms with E-state index in [9.17, 15) is 13.2 Å². The molecule has 1 aliphatic heterocycles. The van der Waals surface area contributed by atoms with Crippen molar-refractivity contribution in [1.82, 2.24) is 4.90 Å². The van der Waals surface area contributed by atoms with Gasteiger partial charge in [-0.3, -0.25) is 0 Å². The van der Waals surface area contributed by atoms with Crippen molar-refractivity contribution in [3.05, 3.63) is 22.7 Å². The number of hydrogen-bond donors (Lipinski definition) is 0. The van der Waals surface area contributed by atoms with Gasteiger partial charge in [0.15, 0.2) is 5.60 Å². The lowest BCUT2D eigenvalue weighted by atomic mass is 9.89. The fourth-order valence-corrected chi connectivity index (χ4v) is 2.81. The Morgan fingerprint density at radius 1 is 1.46 bits per heavy atom. The molecule has 1 fully saturated rings. The molecule has 0 N–H and O–H groups in total. The van der Waals surface area contributed by atoms with E-state index in [2.05, 4.69) is 4.99 Å². The fourth-order valence-electron chi connectivity index (χ4n) is 2.60. The first-order chi connectivity index (χ1) is 11.2. The Labute approximate surface area is 144 Å². The van der Waals surface area contributed by atoms with Gasteiger partial charge in [0.1, 0.15) is 5.75 Å². The average molecular weight is 365 g/mol. The molecule has 0 aromatic heterocycles. The number of halogens is 4. The summed E-state index contributed by atoms with van der Waals surface area (Å²) >= 11 is 6.16. The summed E-state index contributed by atoms with van der Waals surface area (Å²) in [4.78, 5) is 6.02. The molecule has 1 atom stereocenters. The number of ether oxygens (including phenoxy) is 2. The highest BCUT2D eigenvalue weighted by molar-refractivity contribution is 6.33. The minimum Gasteiger partial charge on any atom is -0.496 e. The molecular weight excluding hydrogens is 345 g/mol. The van der Waals surface area contributed by atoms with Crippen LogP contribution in [-0.4, -0.2) is 44.7 Å². The second kappa shape index (κ2) is 7.19. The molecule has 4 nitrogen and oxygen atoms in total. The zero-order chi connectivity index (χ0) is 18.0. The third kappa shape index (κ3) is 3.47. The Balaban J connectivity index is 2.52. The van der Waals surface area contributed by atoms with Crippen molar-refractivity contribution in [1.29, 1.82) is 0 Å². The van der Waals surface area contributed by atoms with E-state index in [1.807, 2.05) is 18.9 Å². The summed E-state index contributed by atoms with van der Waals surface area (Å²) in [6.45, 7) is 2.73. The highest BCUT2D eigenvalue weighted by atomic mass is 35.5. The van der Waals surface area contributed by atoms with Crippen molar-refractivity contribution in [3.8, 4) is 5.75 Å². The van der Waals surface area contributed by atoms with Crippen molar-refractivity contribution in [2.24, 2.45) is 4.99 Å². The van der Waals surface area contributed by atoms with Gasteiger partial charge in [-0.2, -0.15) is 13.2 Å². The number of aliphatic imine (C=N–C) groups is 1. The van der Waals surface area contributed by atoms with Crippen LogP contribution in [0.2, 0.25) is 5.02 Å². The number of benzene rings is 1. The number of methoxy groups -OCH3 is 1. The highest BCUT2D eigenvalue weighted by Crippen LogP contribution is 2.52. The predicted molar refractivity (Wildman–Crippen MR) is 87.4 cm³/mol.